The van der Waals surface area contributed by atoms with Crippen molar-refractivity contribution in [2.75, 3.05) is 13.2 Å². The number of nitrogens with zero attached hydrogens (tertiary/aromatic N) is 1. The summed E-state index contributed by atoms with van der Waals surface area (Å²) in [5, 5.41) is 4.91. The van der Waals surface area contributed by atoms with E-state index in [2.05, 4.69) is 21.2 Å². The zero-order valence-corrected chi connectivity index (χ0v) is 20.4. The first kappa shape index (κ1) is 24.7. The lowest BCUT2D eigenvalue weighted by Gasteiger charge is -2.29. The van der Waals surface area contributed by atoms with Crippen LogP contribution in [0.5, 0.6) is 5.75 Å². The summed E-state index contributed by atoms with van der Waals surface area (Å²) in [6.07, 6.45) is 1.82. The number of unbranched alkanes of at least 4 members (excludes halogenated alkanes) is 1. The molecule has 0 spiro atoms. The second-order valence-electron chi connectivity index (χ2n) is 7.86. The molecule has 1 atom stereocenters. The van der Waals surface area contributed by atoms with Crippen LogP contribution in [0.3, 0.4) is 0 Å². The molecular weight excluding hydrogens is 487 g/mol. The molecule has 0 heterocycles. The van der Waals surface area contributed by atoms with Gasteiger partial charge in [0.2, 0.25) is 5.91 Å². The molecule has 0 aliphatic carbocycles. The number of carbonyl (C=O) groups is 2. The van der Waals surface area contributed by atoms with Crippen molar-refractivity contribution in [3.05, 3.63) is 76.5 Å². The van der Waals surface area contributed by atoms with E-state index in [-0.39, 0.29) is 30.8 Å². The highest BCUT2D eigenvalue weighted by Gasteiger charge is 2.26. The van der Waals surface area contributed by atoms with E-state index < -0.39 is 6.04 Å². The highest BCUT2D eigenvalue weighted by atomic mass is 79.9. The SMILES string of the molecule is CCCCNC(=O)[C@H](C)N(Cc1ccc(F)cc1)C(=O)COc1ccc2ccccc2c1Br. The summed E-state index contributed by atoms with van der Waals surface area (Å²) in [6.45, 7) is 4.23. The van der Waals surface area contributed by atoms with Crippen LogP contribution in [-0.2, 0) is 16.1 Å². The van der Waals surface area contributed by atoms with Crippen LogP contribution in [0.15, 0.2) is 65.1 Å². The number of hydrogen-bond acceptors (Lipinski definition) is 3. The molecule has 0 fully saturated rings. The van der Waals surface area contributed by atoms with Gasteiger partial charge in [0, 0.05) is 13.1 Å². The Hall–Kier alpha value is -2.93. The molecule has 0 bridgehead atoms. The number of carbonyl (C=O) groups excluding carboxylic acids is 2. The van der Waals surface area contributed by atoms with Gasteiger partial charge in [0.05, 0.1) is 4.47 Å². The minimum absolute atomic E-state index is 0.170. The van der Waals surface area contributed by atoms with Crippen LogP contribution >= 0.6 is 15.9 Å². The number of benzene rings is 3. The molecule has 0 aliphatic heterocycles. The molecule has 174 valence electrons. The van der Waals surface area contributed by atoms with Gasteiger partial charge in [-0.05, 0) is 63.8 Å². The largest absolute Gasteiger partial charge is 0.483 e. The van der Waals surface area contributed by atoms with E-state index in [0.29, 0.717) is 12.3 Å². The lowest BCUT2D eigenvalue weighted by atomic mass is 10.1. The molecule has 0 saturated heterocycles. The van der Waals surface area contributed by atoms with E-state index in [1.54, 1.807) is 19.1 Å². The second-order valence-corrected chi connectivity index (χ2v) is 8.65. The maximum absolute atomic E-state index is 13.3. The summed E-state index contributed by atoms with van der Waals surface area (Å²) in [5.74, 6) is -0.376. The van der Waals surface area contributed by atoms with Crippen molar-refractivity contribution in [1.82, 2.24) is 10.2 Å². The summed E-state index contributed by atoms with van der Waals surface area (Å²) in [5.41, 5.74) is 0.727. The van der Waals surface area contributed by atoms with E-state index in [4.69, 9.17) is 4.74 Å². The van der Waals surface area contributed by atoms with Crippen LogP contribution in [-0.4, -0.2) is 35.9 Å². The Balaban J connectivity index is 1.75. The average Bonchev–Trinajstić information content (AvgIpc) is 2.83. The molecule has 0 aromatic heterocycles. The van der Waals surface area contributed by atoms with Gasteiger partial charge in [-0.15, -0.1) is 0 Å². The topological polar surface area (TPSA) is 58.6 Å². The molecular formula is C26H28BrFN2O3. The molecule has 1 N–H and O–H groups in total. The van der Waals surface area contributed by atoms with E-state index in [0.717, 1.165) is 33.7 Å². The molecule has 7 heteroatoms. The third kappa shape index (κ3) is 6.54. The van der Waals surface area contributed by atoms with Gasteiger partial charge in [0.25, 0.3) is 5.91 Å². The number of halogens is 2. The average molecular weight is 515 g/mol. The molecule has 3 aromatic rings. The van der Waals surface area contributed by atoms with E-state index in [1.807, 2.05) is 43.3 Å². The van der Waals surface area contributed by atoms with Gasteiger partial charge < -0.3 is 15.0 Å². The van der Waals surface area contributed by atoms with Crippen molar-refractivity contribution in [2.45, 2.75) is 39.3 Å². The molecule has 3 rings (SSSR count). The normalized spacial score (nSPS) is 11.8. The van der Waals surface area contributed by atoms with Crippen molar-refractivity contribution >= 4 is 38.5 Å². The zero-order valence-electron chi connectivity index (χ0n) is 18.8. The van der Waals surface area contributed by atoms with E-state index in [1.165, 1.54) is 17.0 Å². The lowest BCUT2D eigenvalue weighted by Crippen LogP contribution is -2.49. The minimum atomic E-state index is -0.706. The Bertz CT molecular complexity index is 1100. The van der Waals surface area contributed by atoms with Crippen LogP contribution in [0, 0.1) is 5.82 Å². The summed E-state index contributed by atoms with van der Waals surface area (Å²) in [7, 11) is 0. The maximum Gasteiger partial charge on any atom is 0.261 e. The Morgan fingerprint density at radius 1 is 1.09 bits per heavy atom. The van der Waals surface area contributed by atoms with Crippen LogP contribution in [0.1, 0.15) is 32.3 Å². The molecule has 5 nitrogen and oxygen atoms in total. The molecule has 2 amide bonds. The summed E-state index contributed by atoms with van der Waals surface area (Å²) in [4.78, 5) is 27.3. The van der Waals surface area contributed by atoms with Crippen molar-refractivity contribution in [3.63, 3.8) is 0 Å². The van der Waals surface area contributed by atoms with Crippen molar-refractivity contribution < 1.29 is 18.7 Å². The van der Waals surface area contributed by atoms with Crippen molar-refractivity contribution in [3.8, 4) is 5.75 Å². The Labute approximate surface area is 202 Å². The maximum atomic E-state index is 13.3. The molecule has 0 unspecified atom stereocenters. The number of amides is 2. The van der Waals surface area contributed by atoms with Crippen LogP contribution in [0.2, 0.25) is 0 Å². The lowest BCUT2D eigenvalue weighted by molar-refractivity contribution is -0.142. The van der Waals surface area contributed by atoms with Crippen molar-refractivity contribution in [1.29, 1.82) is 0 Å². The van der Waals surface area contributed by atoms with Crippen LogP contribution in [0.4, 0.5) is 4.39 Å². The number of nitrogens with one attached hydrogen (secondary N) is 1. The second kappa shape index (κ2) is 11.8. The molecule has 3 aromatic carbocycles. The molecule has 0 radical (unpaired) electrons. The smallest absolute Gasteiger partial charge is 0.261 e. The van der Waals surface area contributed by atoms with E-state index >= 15 is 0 Å². The Kier molecular flexibility index (Phi) is 8.83. The number of fused-ring (bicyclic) bond motifs is 1. The third-order valence-corrected chi connectivity index (χ3v) is 6.26. The minimum Gasteiger partial charge on any atom is -0.483 e. The third-order valence-electron chi connectivity index (χ3n) is 5.44. The van der Waals surface area contributed by atoms with Gasteiger partial charge in [-0.3, -0.25) is 9.59 Å². The predicted octanol–water partition coefficient (Wildman–Crippen LogP) is 5.45. The monoisotopic (exact) mass is 514 g/mol. The summed E-state index contributed by atoms with van der Waals surface area (Å²) >= 11 is 3.57. The number of hydrogen-bond donors (Lipinski definition) is 1. The fourth-order valence-electron chi connectivity index (χ4n) is 3.45. The fourth-order valence-corrected chi connectivity index (χ4v) is 4.06. The quantitative estimate of drug-likeness (QED) is 0.365. The number of ether oxygens (including phenoxy) is 1. The van der Waals surface area contributed by atoms with Gasteiger partial charge in [0.15, 0.2) is 6.61 Å². The highest BCUT2D eigenvalue weighted by molar-refractivity contribution is 9.10. The highest BCUT2D eigenvalue weighted by Crippen LogP contribution is 2.33. The van der Waals surface area contributed by atoms with Crippen molar-refractivity contribution in [2.24, 2.45) is 0 Å². The van der Waals surface area contributed by atoms with Gasteiger partial charge in [0.1, 0.15) is 17.6 Å². The fraction of sp³-hybridized carbons (Fsp3) is 0.308. The molecule has 33 heavy (non-hydrogen) atoms. The zero-order chi connectivity index (χ0) is 23.8. The number of rotatable bonds is 10. The molecule has 0 saturated carbocycles. The summed E-state index contributed by atoms with van der Waals surface area (Å²) < 4.78 is 19.9. The van der Waals surface area contributed by atoms with Gasteiger partial charge in [-0.1, -0.05) is 55.8 Å². The standard InChI is InChI=1S/C26H28BrFN2O3/c1-3-4-15-29-26(32)18(2)30(16-19-9-12-21(28)13-10-19)24(31)17-33-23-14-11-20-7-5-6-8-22(20)25(23)27/h5-14,18H,3-4,15-17H2,1-2H3,(H,29,32)/t18-/m0/s1. The Morgan fingerprint density at radius 2 is 1.82 bits per heavy atom. The van der Waals surface area contributed by atoms with Gasteiger partial charge >= 0.3 is 0 Å². The summed E-state index contributed by atoms with van der Waals surface area (Å²) in [6, 6.07) is 16.8. The van der Waals surface area contributed by atoms with Gasteiger partial charge in [-0.25, -0.2) is 4.39 Å². The molecule has 0 aliphatic rings. The van der Waals surface area contributed by atoms with Crippen LogP contribution < -0.4 is 10.1 Å². The first-order valence-electron chi connectivity index (χ1n) is 11.0. The Morgan fingerprint density at radius 3 is 2.55 bits per heavy atom. The van der Waals surface area contributed by atoms with E-state index in [9.17, 15) is 14.0 Å². The first-order valence-corrected chi connectivity index (χ1v) is 11.8. The van der Waals surface area contributed by atoms with Crippen LogP contribution in [0.25, 0.3) is 10.8 Å². The predicted molar refractivity (Wildman–Crippen MR) is 131 cm³/mol. The van der Waals surface area contributed by atoms with Gasteiger partial charge in [-0.2, -0.15) is 0 Å². The first-order chi connectivity index (χ1) is 15.9.